The fraction of sp³-hybridized carbons (Fsp3) is 0.227. The normalized spacial score (nSPS) is 16.4. The summed E-state index contributed by atoms with van der Waals surface area (Å²) in [6, 6.07) is 11.8. The van der Waals surface area contributed by atoms with Crippen molar-refractivity contribution >= 4 is 23.6 Å². The van der Waals surface area contributed by atoms with Crippen LogP contribution in [0.2, 0.25) is 0 Å². The van der Waals surface area contributed by atoms with Crippen LogP contribution < -0.4 is 0 Å². The van der Waals surface area contributed by atoms with E-state index in [1.165, 1.54) is 36.2 Å². The SMILES string of the molecule is CCOC(=O)C1=C(C)N(C)C(=O)N(C(=O)c2ccccc2)C1c1cccc([N+](=O)[O-])c1. The molecular formula is C22H21N3O6. The maximum Gasteiger partial charge on any atom is 0.338 e. The Labute approximate surface area is 178 Å². The first kappa shape index (κ1) is 21.7. The Bertz CT molecular complexity index is 1080. The third kappa shape index (κ3) is 4.02. The molecule has 0 saturated carbocycles. The number of nitro benzene ring substituents is 1. The lowest BCUT2D eigenvalue weighted by molar-refractivity contribution is -0.384. The van der Waals surface area contributed by atoms with E-state index in [4.69, 9.17) is 4.74 Å². The van der Waals surface area contributed by atoms with Crippen LogP contribution in [0.25, 0.3) is 0 Å². The number of urea groups is 1. The predicted molar refractivity (Wildman–Crippen MR) is 111 cm³/mol. The van der Waals surface area contributed by atoms with Gasteiger partial charge < -0.3 is 9.64 Å². The van der Waals surface area contributed by atoms with Crippen LogP contribution in [0.3, 0.4) is 0 Å². The minimum Gasteiger partial charge on any atom is -0.463 e. The predicted octanol–water partition coefficient (Wildman–Crippen LogP) is 3.68. The van der Waals surface area contributed by atoms with Crippen molar-refractivity contribution in [2.24, 2.45) is 0 Å². The van der Waals surface area contributed by atoms with Gasteiger partial charge in [0.05, 0.1) is 17.1 Å². The van der Waals surface area contributed by atoms with Crippen molar-refractivity contribution < 1.29 is 24.0 Å². The van der Waals surface area contributed by atoms with E-state index in [9.17, 15) is 24.5 Å². The highest BCUT2D eigenvalue weighted by atomic mass is 16.6. The summed E-state index contributed by atoms with van der Waals surface area (Å²) in [5.41, 5.74) is 0.632. The fourth-order valence-electron chi connectivity index (χ4n) is 3.44. The molecular weight excluding hydrogens is 402 g/mol. The molecule has 0 aliphatic carbocycles. The van der Waals surface area contributed by atoms with Gasteiger partial charge in [-0.2, -0.15) is 0 Å². The number of amides is 3. The molecule has 9 heteroatoms. The summed E-state index contributed by atoms with van der Waals surface area (Å²) in [7, 11) is 1.45. The Kier molecular flexibility index (Phi) is 6.15. The van der Waals surface area contributed by atoms with Gasteiger partial charge in [-0.3, -0.25) is 14.9 Å². The zero-order chi connectivity index (χ0) is 22.7. The molecule has 1 unspecified atom stereocenters. The summed E-state index contributed by atoms with van der Waals surface area (Å²) in [6.45, 7) is 3.29. The number of benzene rings is 2. The number of esters is 1. The molecule has 0 spiro atoms. The Morgan fingerprint density at radius 1 is 1.13 bits per heavy atom. The number of carbonyl (C=O) groups excluding carboxylic acids is 3. The van der Waals surface area contributed by atoms with Crippen molar-refractivity contribution in [3.63, 3.8) is 0 Å². The highest BCUT2D eigenvalue weighted by Crippen LogP contribution is 2.39. The summed E-state index contributed by atoms with van der Waals surface area (Å²) in [4.78, 5) is 52.3. The van der Waals surface area contributed by atoms with Crippen LogP contribution in [-0.4, -0.2) is 46.3 Å². The van der Waals surface area contributed by atoms with Crippen LogP contribution in [0, 0.1) is 10.1 Å². The first-order chi connectivity index (χ1) is 14.8. The van der Waals surface area contributed by atoms with Gasteiger partial charge in [-0.25, -0.2) is 14.5 Å². The van der Waals surface area contributed by atoms with E-state index in [-0.39, 0.29) is 29.0 Å². The van der Waals surface area contributed by atoms with Crippen molar-refractivity contribution in [1.82, 2.24) is 9.80 Å². The number of hydrogen-bond donors (Lipinski definition) is 0. The lowest BCUT2D eigenvalue weighted by atomic mass is 9.92. The third-order valence-electron chi connectivity index (χ3n) is 5.05. The van der Waals surface area contributed by atoms with Crippen molar-refractivity contribution in [3.05, 3.63) is 87.1 Å². The molecule has 2 aromatic rings. The average molecular weight is 423 g/mol. The number of ether oxygens (including phenoxy) is 1. The number of carbonyl (C=O) groups is 3. The molecule has 0 saturated heterocycles. The molecule has 1 heterocycles. The van der Waals surface area contributed by atoms with Crippen molar-refractivity contribution in [2.45, 2.75) is 19.9 Å². The van der Waals surface area contributed by atoms with E-state index in [1.807, 2.05) is 0 Å². The monoisotopic (exact) mass is 423 g/mol. The number of allylic oxidation sites excluding steroid dienone is 1. The summed E-state index contributed by atoms with van der Waals surface area (Å²) in [6.07, 6.45) is 0. The molecule has 160 valence electrons. The van der Waals surface area contributed by atoms with E-state index < -0.39 is 28.9 Å². The number of imide groups is 1. The van der Waals surface area contributed by atoms with Gasteiger partial charge in [0, 0.05) is 30.4 Å². The molecule has 1 aliphatic rings. The minimum atomic E-state index is -1.18. The molecule has 2 aromatic carbocycles. The Balaban J connectivity index is 2.25. The van der Waals surface area contributed by atoms with Crippen molar-refractivity contribution in [2.75, 3.05) is 13.7 Å². The molecule has 0 aromatic heterocycles. The van der Waals surface area contributed by atoms with Crippen molar-refractivity contribution in [1.29, 1.82) is 0 Å². The highest BCUT2D eigenvalue weighted by Gasteiger charge is 2.44. The summed E-state index contributed by atoms with van der Waals surface area (Å²) in [5.74, 6) is -1.34. The summed E-state index contributed by atoms with van der Waals surface area (Å²) >= 11 is 0. The van der Waals surface area contributed by atoms with Gasteiger partial charge in [-0.15, -0.1) is 0 Å². The van der Waals surface area contributed by atoms with Crippen molar-refractivity contribution in [3.8, 4) is 0 Å². The zero-order valence-corrected chi connectivity index (χ0v) is 17.3. The molecule has 0 fully saturated rings. The van der Waals surface area contributed by atoms with Crippen LogP contribution in [0.1, 0.15) is 35.8 Å². The lowest BCUT2D eigenvalue weighted by Gasteiger charge is -2.40. The van der Waals surface area contributed by atoms with Gasteiger partial charge in [-0.05, 0) is 31.5 Å². The van der Waals surface area contributed by atoms with E-state index in [2.05, 4.69) is 0 Å². The average Bonchev–Trinajstić information content (AvgIpc) is 2.77. The maximum atomic E-state index is 13.4. The van der Waals surface area contributed by atoms with Gasteiger partial charge in [0.1, 0.15) is 6.04 Å². The molecule has 3 rings (SSSR count). The fourth-order valence-corrected chi connectivity index (χ4v) is 3.44. The van der Waals surface area contributed by atoms with E-state index in [0.717, 1.165) is 4.90 Å². The van der Waals surface area contributed by atoms with Crippen LogP contribution >= 0.6 is 0 Å². The largest absolute Gasteiger partial charge is 0.463 e. The zero-order valence-electron chi connectivity index (χ0n) is 17.3. The smallest absolute Gasteiger partial charge is 0.338 e. The maximum absolute atomic E-state index is 13.4. The standard InChI is InChI=1S/C22H21N3O6/c1-4-31-21(27)18-14(2)23(3)22(28)24(20(26)15-9-6-5-7-10-15)19(18)16-11-8-12-17(13-16)25(29)30/h5-13,19H,4H2,1-3H3. The second kappa shape index (κ2) is 8.78. The molecule has 31 heavy (non-hydrogen) atoms. The van der Waals surface area contributed by atoms with Crippen LogP contribution in [0.5, 0.6) is 0 Å². The van der Waals surface area contributed by atoms with Gasteiger partial charge >= 0.3 is 12.0 Å². The molecule has 1 atom stereocenters. The Morgan fingerprint density at radius 2 is 1.81 bits per heavy atom. The first-order valence-electron chi connectivity index (χ1n) is 9.56. The van der Waals surface area contributed by atoms with Crippen LogP contribution in [0.4, 0.5) is 10.5 Å². The number of non-ortho nitro benzene ring substituents is 1. The number of hydrogen-bond acceptors (Lipinski definition) is 6. The van der Waals surface area contributed by atoms with E-state index >= 15 is 0 Å². The van der Waals surface area contributed by atoms with Crippen LogP contribution in [-0.2, 0) is 9.53 Å². The Morgan fingerprint density at radius 3 is 2.42 bits per heavy atom. The number of rotatable bonds is 5. The summed E-state index contributed by atoms with van der Waals surface area (Å²) in [5, 5.41) is 11.3. The number of nitro groups is 1. The van der Waals surface area contributed by atoms with Gasteiger partial charge in [0.15, 0.2) is 0 Å². The van der Waals surface area contributed by atoms with Gasteiger partial charge in [-0.1, -0.05) is 30.3 Å². The molecule has 0 bridgehead atoms. The minimum absolute atomic E-state index is 0.0636. The quantitative estimate of drug-likeness (QED) is 0.412. The molecule has 3 amide bonds. The molecule has 1 aliphatic heterocycles. The topological polar surface area (TPSA) is 110 Å². The third-order valence-corrected chi connectivity index (χ3v) is 5.05. The van der Waals surface area contributed by atoms with E-state index in [0.29, 0.717) is 5.70 Å². The molecule has 0 radical (unpaired) electrons. The molecule has 9 nitrogen and oxygen atoms in total. The number of nitrogens with zero attached hydrogens (tertiary/aromatic N) is 3. The lowest BCUT2D eigenvalue weighted by Crippen LogP contribution is -2.51. The second-order valence-electron chi connectivity index (χ2n) is 6.86. The van der Waals surface area contributed by atoms with Gasteiger partial charge in [0.2, 0.25) is 0 Å². The Hall–Kier alpha value is -4.01. The summed E-state index contributed by atoms with van der Waals surface area (Å²) < 4.78 is 5.19. The first-order valence-corrected chi connectivity index (χ1v) is 9.56. The highest BCUT2D eigenvalue weighted by molar-refractivity contribution is 6.08. The molecule has 0 N–H and O–H groups in total. The van der Waals surface area contributed by atoms with E-state index in [1.54, 1.807) is 44.2 Å². The second-order valence-corrected chi connectivity index (χ2v) is 6.86. The van der Waals surface area contributed by atoms with Gasteiger partial charge in [0.25, 0.3) is 11.6 Å². The van der Waals surface area contributed by atoms with Crippen LogP contribution in [0.15, 0.2) is 65.9 Å².